The first-order chi connectivity index (χ1) is 6.95. The Morgan fingerprint density at radius 1 is 0.562 bits per heavy atom. The van der Waals surface area contributed by atoms with Gasteiger partial charge in [0.15, 0.2) is 0 Å². The van der Waals surface area contributed by atoms with Crippen LogP contribution in [0.25, 0.3) is 0 Å². The van der Waals surface area contributed by atoms with Crippen molar-refractivity contribution in [1.82, 2.24) is 0 Å². The Balaban J connectivity index is 0.00000112. The van der Waals surface area contributed by atoms with Gasteiger partial charge in [-0.05, 0) is 24.3 Å². The summed E-state index contributed by atoms with van der Waals surface area (Å²) in [6.45, 7) is 0. The van der Waals surface area contributed by atoms with Crippen molar-refractivity contribution in [2.24, 2.45) is 0 Å². The minimum atomic E-state index is 0. The first-order valence-electron chi connectivity index (χ1n) is 4.40. The van der Waals surface area contributed by atoms with Gasteiger partial charge in [-0.25, -0.2) is 0 Å². The van der Waals surface area contributed by atoms with Crippen LogP contribution >= 0.6 is 21.6 Å². The van der Waals surface area contributed by atoms with Gasteiger partial charge in [0.2, 0.25) is 0 Å². The molecule has 0 spiro atoms. The summed E-state index contributed by atoms with van der Waals surface area (Å²) in [5, 5.41) is 0. The molecule has 4 heteroatoms. The molecule has 0 unspecified atom stereocenters. The average Bonchev–Trinajstić information content (AvgIpc) is 2.29. The van der Waals surface area contributed by atoms with Gasteiger partial charge in [-0.2, -0.15) is 0 Å². The predicted molar refractivity (Wildman–Crippen MR) is 65.3 cm³/mol. The first-order valence-corrected chi connectivity index (χ1v) is 6.55. The summed E-state index contributed by atoms with van der Waals surface area (Å²) in [6, 6.07) is 20.8. The van der Waals surface area contributed by atoms with Crippen LogP contribution < -0.4 is 0 Å². The van der Waals surface area contributed by atoms with Gasteiger partial charge >= 0.3 is 19.5 Å². The fourth-order valence-electron chi connectivity index (χ4n) is 1.05. The van der Waals surface area contributed by atoms with Gasteiger partial charge in [-0.15, -0.1) is 0 Å². The Bertz CT molecular complexity index is 341. The normalized spacial score (nSPS) is 8.75. The van der Waals surface area contributed by atoms with E-state index in [9.17, 15) is 0 Å². The van der Waals surface area contributed by atoms with Gasteiger partial charge in [-0.1, -0.05) is 58.0 Å². The standard InChI is InChI=1S/C12H10S2.O.Zn/c1-3-7-11(8-4-1)13-14-12-9-5-2-6-10-12;;/h1-10H;;/q;-2;+2. The van der Waals surface area contributed by atoms with Gasteiger partial charge < -0.3 is 5.48 Å². The molecule has 2 aromatic carbocycles. The quantitative estimate of drug-likeness (QED) is 0.622. The molecule has 2 aromatic rings. The Labute approximate surface area is 116 Å². The van der Waals surface area contributed by atoms with Crippen LogP contribution in [-0.4, -0.2) is 0 Å². The summed E-state index contributed by atoms with van der Waals surface area (Å²) >= 11 is 0. The molecular formula is C12H10OS2Zn. The summed E-state index contributed by atoms with van der Waals surface area (Å²) in [6.07, 6.45) is 0. The van der Waals surface area contributed by atoms with E-state index in [1.807, 2.05) is 12.1 Å². The monoisotopic (exact) mass is 298 g/mol. The number of benzene rings is 2. The SMILES string of the molecule is [O-2].[Zn+2].c1ccc(SSc2ccccc2)cc1. The smallest absolute Gasteiger partial charge is 2.00 e. The summed E-state index contributed by atoms with van der Waals surface area (Å²) in [5.41, 5.74) is 0. The van der Waals surface area contributed by atoms with Crippen molar-refractivity contribution >= 4 is 21.6 Å². The van der Waals surface area contributed by atoms with Crippen LogP contribution in [0.1, 0.15) is 0 Å². The second-order valence-electron chi connectivity index (χ2n) is 2.79. The molecule has 1 nitrogen and oxygen atoms in total. The van der Waals surface area contributed by atoms with E-state index >= 15 is 0 Å². The van der Waals surface area contributed by atoms with E-state index in [0.717, 1.165) is 0 Å². The van der Waals surface area contributed by atoms with Crippen LogP contribution in [0.5, 0.6) is 0 Å². The predicted octanol–water partition coefficient (Wildman–Crippen LogP) is 4.36. The van der Waals surface area contributed by atoms with E-state index in [4.69, 9.17) is 0 Å². The molecule has 0 atom stereocenters. The molecule has 0 N–H and O–H groups in total. The van der Waals surface area contributed by atoms with Crippen LogP contribution in [0.3, 0.4) is 0 Å². The Hall–Kier alpha value is -0.277. The molecule has 0 aromatic heterocycles. The summed E-state index contributed by atoms with van der Waals surface area (Å²) in [5.74, 6) is 0. The van der Waals surface area contributed by atoms with Gasteiger partial charge in [-0.3, -0.25) is 0 Å². The van der Waals surface area contributed by atoms with Gasteiger partial charge in [0.05, 0.1) is 0 Å². The zero-order valence-corrected chi connectivity index (χ0v) is 13.3. The minimum Gasteiger partial charge on any atom is -2.00 e. The van der Waals surface area contributed by atoms with Crippen LogP contribution in [0.15, 0.2) is 70.5 Å². The molecule has 0 amide bonds. The number of hydrogen-bond donors (Lipinski definition) is 0. The van der Waals surface area contributed by atoms with Crippen LogP contribution in [0.2, 0.25) is 0 Å². The molecule has 16 heavy (non-hydrogen) atoms. The van der Waals surface area contributed by atoms with Crippen molar-refractivity contribution in [1.29, 1.82) is 0 Å². The molecule has 78 valence electrons. The molecule has 0 bridgehead atoms. The molecule has 2 rings (SSSR count). The maximum Gasteiger partial charge on any atom is 2.00 e. The van der Waals surface area contributed by atoms with E-state index in [1.165, 1.54) is 9.79 Å². The molecule has 0 radical (unpaired) electrons. The zero-order chi connectivity index (χ0) is 9.64. The average molecular weight is 300 g/mol. The third-order valence-electron chi connectivity index (χ3n) is 1.72. The molecule has 0 aliphatic rings. The van der Waals surface area contributed by atoms with E-state index in [2.05, 4.69) is 48.5 Å². The Kier molecular flexibility index (Phi) is 8.67. The second-order valence-corrected chi connectivity index (χ2v) is 5.07. The molecule has 0 saturated heterocycles. The van der Waals surface area contributed by atoms with Crippen molar-refractivity contribution in [3.63, 3.8) is 0 Å². The summed E-state index contributed by atoms with van der Waals surface area (Å²) < 4.78 is 0. The van der Waals surface area contributed by atoms with Crippen molar-refractivity contribution in [3.05, 3.63) is 60.7 Å². The second kappa shape index (κ2) is 8.83. The van der Waals surface area contributed by atoms with E-state index in [0.29, 0.717) is 0 Å². The number of rotatable bonds is 3. The van der Waals surface area contributed by atoms with Crippen molar-refractivity contribution < 1.29 is 25.0 Å². The van der Waals surface area contributed by atoms with Crippen molar-refractivity contribution in [2.45, 2.75) is 9.79 Å². The molecule has 0 heterocycles. The molecule has 0 aliphatic heterocycles. The van der Waals surface area contributed by atoms with Crippen LogP contribution in [0, 0.1) is 0 Å². The maximum absolute atomic E-state index is 2.13. The largest absolute Gasteiger partial charge is 2.00 e. The van der Waals surface area contributed by atoms with Crippen molar-refractivity contribution in [2.75, 3.05) is 0 Å². The van der Waals surface area contributed by atoms with E-state index in [1.54, 1.807) is 21.6 Å². The third kappa shape index (κ3) is 5.17. The van der Waals surface area contributed by atoms with Crippen LogP contribution in [0.4, 0.5) is 0 Å². The molecule has 0 fully saturated rings. The van der Waals surface area contributed by atoms with Gasteiger partial charge in [0.1, 0.15) is 0 Å². The Morgan fingerprint density at radius 2 is 0.875 bits per heavy atom. The summed E-state index contributed by atoms with van der Waals surface area (Å²) in [4.78, 5) is 2.59. The first kappa shape index (κ1) is 15.7. The number of hydrogen-bond acceptors (Lipinski definition) is 2. The van der Waals surface area contributed by atoms with Crippen molar-refractivity contribution in [3.8, 4) is 0 Å². The third-order valence-corrected chi connectivity index (χ3v) is 4.14. The fourth-order valence-corrected chi connectivity index (χ4v) is 3.02. The van der Waals surface area contributed by atoms with Gasteiger partial charge in [0, 0.05) is 9.79 Å². The van der Waals surface area contributed by atoms with E-state index in [-0.39, 0.29) is 25.0 Å². The van der Waals surface area contributed by atoms with Gasteiger partial charge in [0.25, 0.3) is 0 Å². The Morgan fingerprint density at radius 3 is 1.19 bits per heavy atom. The zero-order valence-electron chi connectivity index (χ0n) is 8.71. The maximum atomic E-state index is 2.13. The molecule has 0 aliphatic carbocycles. The van der Waals surface area contributed by atoms with E-state index < -0.39 is 0 Å². The fraction of sp³-hybridized carbons (Fsp3) is 0. The van der Waals surface area contributed by atoms with Crippen LogP contribution in [-0.2, 0) is 25.0 Å². The molecule has 0 saturated carbocycles. The minimum absolute atomic E-state index is 0. The summed E-state index contributed by atoms with van der Waals surface area (Å²) in [7, 11) is 3.58. The topological polar surface area (TPSA) is 28.5 Å². The molecular weight excluding hydrogens is 290 g/mol.